The van der Waals surface area contributed by atoms with Crippen molar-refractivity contribution in [3.8, 4) is 0 Å². The van der Waals surface area contributed by atoms with Crippen molar-refractivity contribution < 1.29 is 4.39 Å². The maximum atomic E-state index is 14.1. The summed E-state index contributed by atoms with van der Waals surface area (Å²) in [6.07, 6.45) is 6.04. The lowest BCUT2D eigenvalue weighted by Crippen LogP contribution is -2.35. The summed E-state index contributed by atoms with van der Waals surface area (Å²) in [5.41, 5.74) is 7.65. The zero-order valence-corrected chi connectivity index (χ0v) is 12.0. The molecule has 0 saturated carbocycles. The molecule has 0 amide bonds. The first kappa shape index (κ1) is 14.3. The number of rotatable bonds is 3. The zero-order valence-electron chi connectivity index (χ0n) is 12.0. The molecule has 19 heavy (non-hydrogen) atoms. The zero-order chi connectivity index (χ0) is 13.8. The normalized spacial score (nSPS) is 22.1. The molecule has 1 heterocycles. The molecule has 1 aliphatic rings. The summed E-state index contributed by atoms with van der Waals surface area (Å²) in [4.78, 5) is 2.38. The highest BCUT2D eigenvalue weighted by Gasteiger charge is 2.24. The van der Waals surface area contributed by atoms with Crippen LogP contribution in [0, 0.1) is 5.82 Å². The van der Waals surface area contributed by atoms with E-state index < -0.39 is 0 Å². The van der Waals surface area contributed by atoms with Crippen LogP contribution in [0.2, 0.25) is 0 Å². The molecule has 1 fully saturated rings. The van der Waals surface area contributed by atoms with Crippen LogP contribution >= 0.6 is 0 Å². The van der Waals surface area contributed by atoms with Crippen LogP contribution in [-0.2, 0) is 0 Å². The molecule has 0 aliphatic carbocycles. The Morgan fingerprint density at radius 2 is 2.16 bits per heavy atom. The summed E-state index contributed by atoms with van der Waals surface area (Å²) >= 11 is 0. The molecule has 3 heteroatoms. The minimum Gasteiger partial charge on any atom is -0.368 e. The van der Waals surface area contributed by atoms with Gasteiger partial charge in [0.25, 0.3) is 0 Å². The second-order valence-electron chi connectivity index (χ2n) is 5.57. The van der Waals surface area contributed by atoms with Gasteiger partial charge in [-0.05, 0) is 38.3 Å². The Hall–Kier alpha value is -1.09. The van der Waals surface area contributed by atoms with E-state index in [4.69, 9.17) is 5.73 Å². The fourth-order valence-electron chi connectivity index (χ4n) is 3.15. The Labute approximate surface area is 115 Å². The summed E-state index contributed by atoms with van der Waals surface area (Å²) in [7, 11) is 0. The molecule has 1 saturated heterocycles. The highest BCUT2D eigenvalue weighted by Crippen LogP contribution is 2.32. The molecule has 0 aromatic heterocycles. The van der Waals surface area contributed by atoms with Gasteiger partial charge in [-0.25, -0.2) is 4.39 Å². The van der Waals surface area contributed by atoms with Crippen LogP contribution in [-0.4, -0.2) is 12.6 Å². The molecule has 106 valence electrons. The Kier molecular flexibility index (Phi) is 4.81. The molecular formula is C16H25FN2. The van der Waals surface area contributed by atoms with Gasteiger partial charge < -0.3 is 10.6 Å². The highest BCUT2D eigenvalue weighted by molar-refractivity contribution is 5.56. The minimum atomic E-state index is -0.267. The summed E-state index contributed by atoms with van der Waals surface area (Å²) in [5, 5.41) is 0. The van der Waals surface area contributed by atoms with Crippen LogP contribution in [0.3, 0.4) is 0 Å². The largest absolute Gasteiger partial charge is 0.368 e. The fourth-order valence-corrected chi connectivity index (χ4v) is 3.15. The van der Waals surface area contributed by atoms with Gasteiger partial charge in [-0.15, -0.1) is 0 Å². The van der Waals surface area contributed by atoms with Gasteiger partial charge in [0.2, 0.25) is 0 Å². The summed E-state index contributed by atoms with van der Waals surface area (Å²) in [6, 6.07) is 5.59. The monoisotopic (exact) mass is 264 g/mol. The third kappa shape index (κ3) is 3.08. The number of nitrogens with two attached hydrogens (primary N) is 1. The first-order valence-corrected chi connectivity index (χ1v) is 7.45. The number of hydrogen-bond acceptors (Lipinski definition) is 2. The van der Waals surface area contributed by atoms with E-state index >= 15 is 0 Å². The lowest BCUT2D eigenvalue weighted by Gasteiger charge is -2.34. The Balaban J connectivity index is 2.40. The van der Waals surface area contributed by atoms with Gasteiger partial charge in [0.15, 0.2) is 0 Å². The molecular weight excluding hydrogens is 239 g/mol. The van der Waals surface area contributed by atoms with Crippen LogP contribution in [0.25, 0.3) is 0 Å². The van der Waals surface area contributed by atoms with E-state index in [1.165, 1.54) is 31.7 Å². The first-order valence-electron chi connectivity index (χ1n) is 7.45. The van der Waals surface area contributed by atoms with E-state index in [1.54, 1.807) is 6.07 Å². The van der Waals surface area contributed by atoms with Crippen molar-refractivity contribution in [2.45, 2.75) is 58.0 Å². The van der Waals surface area contributed by atoms with Gasteiger partial charge in [0.1, 0.15) is 5.82 Å². The maximum absolute atomic E-state index is 14.1. The van der Waals surface area contributed by atoms with Crippen molar-refractivity contribution in [2.75, 3.05) is 11.4 Å². The predicted molar refractivity (Wildman–Crippen MR) is 78.9 cm³/mol. The standard InChI is InChI=1S/C16H25FN2/c1-3-13-8-5-4-6-11-19(13)15-10-7-9-14(17)16(15)12(2)18/h7,9-10,12-13H,3-6,8,11,18H2,1-2H3/t12-,13?/m0/s1. The van der Waals surface area contributed by atoms with Crippen molar-refractivity contribution in [1.29, 1.82) is 0 Å². The molecule has 1 aliphatic heterocycles. The van der Waals surface area contributed by atoms with Gasteiger partial charge in [-0.3, -0.25) is 0 Å². The number of anilines is 1. The second-order valence-corrected chi connectivity index (χ2v) is 5.57. The van der Waals surface area contributed by atoms with Crippen LogP contribution in [0.1, 0.15) is 57.6 Å². The summed E-state index contributed by atoms with van der Waals surface area (Å²) in [5.74, 6) is -0.174. The van der Waals surface area contributed by atoms with Gasteiger partial charge in [-0.2, -0.15) is 0 Å². The minimum absolute atomic E-state index is 0.174. The lowest BCUT2D eigenvalue weighted by molar-refractivity contribution is 0.545. The molecule has 1 unspecified atom stereocenters. The van der Waals surface area contributed by atoms with Crippen LogP contribution in [0.4, 0.5) is 10.1 Å². The van der Waals surface area contributed by atoms with Gasteiger partial charge in [-0.1, -0.05) is 25.8 Å². The quantitative estimate of drug-likeness (QED) is 0.894. The van der Waals surface area contributed by atoms with Crippen LogP contribution < -0.4 is 10.6 Å². The smallest absolute Gasteiger partial charge is 0.130 e. The summed E-state index contributed by atoms with van der Waals surface area (Å²) < 4.78 is 14.1. The van der Waals surface area contributed by atoms with Crippen molar-refractivity contribution in [2.24, 2.45) is 5.73 Å². The SMILES string of the molecule is CCC1CCCCCN1c1cccc(F)c1[C@H](C)N. The molecule has 0 radical (unpaired) electrons. The fraction of sp³-hybridized carbons (Fsp3) is 0.625. The van der Waals surface area contributed by atoms with Crippen LogP contribution in [0.5, 0.6) is 0 Å². The third-order valence-electron chi connectivity index (χ3n) is 4.14. The predicted octanol–water partition coefficient (Wildman–Crippen LogP) is 4.00. The maximum Gasteiger partial charge on any atom is 0.130 e. The number of benzene rings is 1. The Bertz CT molecular complexity index is 417. The van der Waals surface area contributed by atoms with Crippen molar-refractivity contribution in [3.05, 3.63) is 29.6 Å². The van der Waals surface area contributed by atoms with Crippen molar-refractivity contribution in [1.82, 2.24) is 0 Å². The van der Waals surface area contributed by atoms with E-state index in [0.29, 0.717) is 11.6 Å². The van der Waals surface area contributed by atoms with Crippen LogP contribution in [0.15, 0.2) is 18.2 Å². The molecule has 2 N–H and O–H groups in total. The van der Waals surface area contributed by atoms with E-state index in [9.17, 15) is 4.39 Å². The Morgan fingerprint density at radius 3 is 2.84 bits per heavy atom. The average Bonchev–Trinajstić information content (AvgIpc) is 2.62. The van der Waals surface area contributed by atoms with Gasteiger partial charge in [0.05, 0.1) is 0 Å². The molecule has 2 rings (SSSR count). The first-order chi connectivity index (χ1) is 9.15. The third-order valence-corrected chi connectivity index (χ3v) is 4.14. The molecule has 2 atom stereocenters. The molecule has 1 aromatic rings. The van der Waals surface area contributed by atoms with Gasteiger partial charge in [0, 0.05) is 29.9 Å². The molecule has 1 aromatic carbocycles. The van der Waals surface area contributed by atoms with Gasteiger partial charge >= 0.3 is 0 Å². The topological polar surface area (TPSA) is 29.3 Å². The van der Waals surface area contributed by atoms with E-state index in [2.05, 4.69) is 11.8 Å². The number of nitrogens with zero attached hydrogens (tertiary/aromatic N) is 1. The Morgan fingerprint density at radius 1 is 1.37 bits per heavy atom. The van der Waals surface area contributed by atoms with E-state index in [1.807, 2.05) is 13.0 Å². The van der Waals surface area contributed by atoms with Crippen molar-refractivity contribution in [3.63, 3.8) is 0 Å². The van der Waals surface area contributed by atoms with E-state index in [0.717, 1.165) is 18.7 Å². The highest BCUT2D eigenvalue weighted by atomic mass is 19.1. The van der Waals surface area contributed by atoms with Crippen molar-refractivity contribution >= 4 is 5.69 Å². The number of hydrogen-bond donors (Lipinski definition) is 1. The number of halogens is 1. The molecule has 2 nitrogen and oxygen atoms in total. The van der Waals surface area contributed by atoms with E-state index in [-0.39, 0.29) is 11.9 Å². The molecule has 0 spiro atoms. The second kappa shape index (κ2) is 6.38. The lowest BCUT2D eigenvalue weighted by atomic mass is 10.0. The molecule has 0 bridgehead atoms. The average molecular weight is 264 g/mol. The summed E-state index contributed by atoms with van der Waals surface area (Å²) in [6.45, 7) is 5.09.